The van der Waals surface area contributed by atoms with E-state index in [0.717, 1.165) is 47.9 Å². The van der Waals surface area contributed by atoms with Gasteiger partial charge in [-0.1, -0.05) is 41.6 Å². The van der Waals surface area contributed by atoms with E-state index in [9.17, 15) is 4.91 Å². The van der Waals surface area contributed by atoms with E-state index in [-0.39, 0.29) is 11.5 Å². The van der Waals surface area contributed by atoms with Crippen LogP contribution < -0.4 is 0 Å². The maximum absolute atomic E-state index is 11.9. The van der Waals surface area contributed by atoms with Crippen LogP contribution in [0.1, 0.15) is 36.0 Å². The van der Waals surface area contributed by atoms with E-state index in [1.165, 1.54) is 16.7 Å². The largest absolute Gasteiger partial charge is 0.197 e. The molecule has 3 aromatic rings. The maximum Gasteiger partial charge on any atom is 0.121 e. The molecule has 26 heavy (non-hydrogen) atoms. The van der Waals surface area contributed by atoms with Gasteiger partial charge in [-0.05, 0) is 65.5 Å². The molecule has 0 radical (unpaired) electrons. The van der Waals surface area contributed by atoms with Gasteiger partial charge in [0.05, 0.1) is 0 Å². The Balaban J connectivity index is 1.72. The van der Waals surface area contributed by atoms with Crippen molar-refractivity contribution >= 4 is 22.2 Å². The van der Waals surface area contributed by atoms with Crippen molar-refractivity contribution in [3.63, 3.8) is 0 Å². The van der Waals surface area contributed by atoms with Crippen LogP contribution in [0.4, 0.5) is 0 Å². The second-order valence-electron chi connectivity index (χ2n) is 7.95. The van der Waals surface area contributed by atoms with Gasteiger partial charge >= 0.3 is 0 Å². The number of allylic oxidation sites excluding steroid dienone is 1. The molecule has 5 nitrogen and oxygen atoms in total. The van der Waals surface area contributed by atoms with E-state index in [2.05, 4.69) is 38.8 Å². The molecular formula is C21H18N4O. The third-order valence-electron chi connectivity index (χ3n) is 6.77. The van der Waals surface area contributed by atoms with Crippen LogP contribution in [0.3, 0.4) is 0 Å². The number of nitroso groups, excluding NO2 is 1. The zero-order chi connectivity index (χ0) is 17.3. The molecule has 3 unspecified atom stereocenters. The van der Waals surface area contributed by atoms with Crippen molar-refractivity contribution in [1.29, 1.82) is 0 Å². The number of H-pyrrole nitrogens is 1. The summed E-state index contributed by atoms with van der Waals surface area (Å²) in [5.74, 6) is 0.355. The van der Waals surface area contributed by atoms with Crippen molar-refractivity contribution in [2.45, 2.75) is 31.7 Å². The van der Waals surface area contributed by atoms with Gasteiger partial charge in [0.2, 0.25) is 0 Å². The molecule has 6 rings (SSSR count). The van der Waals surface area contributed by atoms with Gasteiger partial charge in [0, 0.05) is 5.41 Å². The molecule has 128 valence electrons. The number of rotatable bonds is 2. The van der Waals surface area contributed by atoms with Gasteiger partial charge in [-0.3, -0.25) is 0 Å². The highest BCUT2D eigenvalue weighted by Gasteiger charge is 2.55. The lowest BCUT2D eigenvalue weighted by Gasteiger charge is -2.36. The van der Waals surface area contributed by atoms with E-state index in [4.69, 9.17) is 0 Å². The first-order chi connectivity index (χ1) is 12.8. The monoisotopic (exact) mass is 342 g/mol. The molecule has 0 saturated heterocycles. The first-order valence-corrected chi connectivity index (χ1v) is 9.26. The first kappa shape index (κ1) is 14.4. The number of aromatic amines is 1. The van der Waals surface area contributed by atoms with Gasteiger partial charge in [-0.25, -0.2) is 0 Å². The van der Waals surface area contributed by atoms with Crippen molar-refractivity contribution in [3.05, 3.63) is 64.1 Å². The van der Waals surface area contributed by atoms with Crippen LogP contribution in [0.25, 0.3) is 22.2 Å². The Morgan fingerprint density at radius 2 is 2.00 bits per heavy atom. The second kappa shape index (κ2) is 4.87. The lowest BCUT2D eigenvalue weighted by atomic mass is 9.68. The number of benzene rings is 2. The van der Waals surface area contributed by atoms with E-state index in [1.54, 1.807) is 0 Å². The van der Waals surface area contributed by atoms with Gasteiger partial charge in [0.15, 0.2) is 0 Å². The fraction of sp³-hybridized carbons (Fsp3) is 0.333. The molecule has 1 spiro atoms. The number of fused-ring (bicyclic) bond motifs is 5. The van der Waals surface area contributed by atoms with Crippen molar-refractivity contribution in [1.82, 2.24) is 15.4 Å². The highest BCUT2D eigenvalue weighted by atomic mass is 16.3. The summed E-state index contributed by atoms with van der Waals surface area (Å²) in [7, 11) is 0. The summed E-state index contributed by atoms with van der Waals surface area (Å²) >= 11 is 0. The number of hydrogen-bond acceptors (Lipinski definition) is 4. The highest BCUT2D eigenvalue weighted by Crippen LogP contribution is 2.65. The molecule has 1 aromatic heterocycles. The summed E-state index contributed by atoms with van der Waals surface area (Å²) in [5.41, 5.74) is 8.19. The Morgan fingerprint density at radius 1 is 1.12 bits per heavy atom. The van der Waals surface area contributed by atoms with Crippen molar-refractivity contribution in [2.75, 3.05) is 0 Å². The van der Waals surface area contributed by atoms with Crippen LogP contribution in [0.15, 0.2) is 47.6 Å². The Bertz CT molecular complexity index is 1080. The molecule has 0 amide bonds. The van der Waals surface area contributed by atoms with E-state index < -0.39 is 0 Å². The molecule has 1 fully saturated rings. The molecule has 0 aliphatic heterocycles. The number of aromatic nitrogens is 3. The zero-order valence-electron chi connectivity index (χ0n) is 14.3. The molecule has 3 atom stereocenters. The van der Waals surface area contributed by atoms with E-state index >= 15 is 0 Å². The first-order valence-electron chi connectivity index (χ1n) is 9.26. The lowest BCUT2D eigenvalue weighted by Crippen LogP contribution is -2.29. The standard InChI is InChI=1S/C21H18N4O/c26-24-19-13-8-9-21(10-13)11-15-14(6-7-16-20(15)23-25-22-16)18(21)17(19)12-4-2-1-3-5-12/h1-7,13,19H,8-11H2,(H,22,23,25). The Morgan fingerprint density at radius 3 is 2.85 bits per heavy atom. The summed E-state index contributed by atoms with van der Waals surface area (Å²) in [5, 5.41) is 15.1. The minimum atomic E-state index is -0.248. The van der Waals surface area contributed by atoms with Gasteiger partial charge in [-0.15, -0.1) is 0 Å². The highest BCUT2D eigenvalue weighted by molar-refractivity contribution is 6.02. The Kier molecular flexibility index (Phi) is 2.69. The average Bonchev–Trinajstić information content (AvgIpc) is 3.37. The molecule has 2 aromatic carbocycles. The van der Waals surface area contributed by atoms with Crippen LogP contribution in [0.5, 0.6) is 0 Å². The van der Waals surface area contributed by atoms with Crippen LogP contribution in [-0.2, 0) is 6.42 Å². The van der Waals surface area contributed by atoms with Gasteiger partial charge in [0.25, 0.3) is 0 Å². The molecule has 3 aliphatic carbocycles. The summed E-state index contributed by atoms with van der Waals surface area (Å²) in [4.78, 5) is 11.9. The number of hydrogen-bond donors (Lipinski definition) is 1. The van der Waals surface area contributed by atoms with Crippen molar-refractivity contribution in [2.24, 2.45) is 16.5 Å². The molecule has 3 aliphatic rings. The van der Waals surface area contributed by atoms with Crippen LogP contribution in [0.2, 0.25) is 0 Å². The fourth-order valence-electron chi connectivity index (χ4n) is 5.80. The van der Waals surface area contributed by atoms with Crippen LogP contribution >= 0.6 is 0 Å². The quantitative estimate of drug-likeness (QED) is 0.703. The Labute approximate surface area is 150 Å². The molecule has 2 bridgehead atoms. The summed E-state index contributed by atoms with van der Waals surface area (Å²) < 4.78 is 0. The third kappa shape index (κ3) is 1.66. The second-order valence-corrected chi connectivity index (χ2v) is 7.95. The van der Waals surface area contributed by atoms with Crippen molar-refractivity contribution < 1.29 is 0 Å². The average molecular weight is 342 g/mol. The fourth-order valence-corrected chi connectivity index (χ4v) is 5.80. The molecule has 1 heterocycles. The number of nitrogens with zero attached hydrogens (tertiary/aromatic N) is 3. The predicted molar refractivity (Wildman–Crippen MR) is 100 cm³/mol. The maximum atomic E-state index is 11.9. The molecule has 5 heteroatoms. The minimum Gasteiger partial charge on any atom is -0.197 e. The van der Waals surface area contributed by atoms with Crippen LogP contribution in [-0.4, -0.2) is 21.5 Å². The zero-order valence-corrected chi connectivity index (χ0v) is 14.3. The van der Waals surface area contributed by atoms with Gasteiger partial charge in [-0.2, -0.15) is 20.3 Å². The molecule has 1 saturated carbocycles. The molecule has 1 N–H and O–H groups in total. The normalized spacial score (nSPS) is 29.1. The predicted octanol–water partition coefficient (Wildman–Crippen LogP) is 4.36. The summed E-state index contributed by atoms with van der Waals surface area (Å²) in [6.07, 6.45) is 4.26. The van der Waals surface area contributed by atoms with Crippen molar-refractivity contribution in [3.8, 4) is 0 Å². The smallest absolute Gasteiger partial charge is 0.121 e. The molecular weight excluding hydrogens is 324 g/mol. The topological polar surface area (TPSA) is 71.0 Å². The summed E-state index contributed by atoms with van der Waals surface area (Å²) in [6.45, 7) is 0. The Hall–Kier alpha value is -2.82. The minimum absolute atomic E-state index is 0.132. The SMILES string of the molecule is O=NC1C(c2ccccc2)=C2c3ccc4n[nH]nc4c3CC23CCC1C3. The number of nitrogens with one attached hydrogen (secondary N) is 1. The summed E-state index contributed by atoms with van der Waals surface area (Å²) in [6, 6.07) is 14.3. The lowest BCUT2D eigenvalue weighted by molar-refractivity contribution is 0.377. The van der Waals surface area contributed by atoms with Gasteiger partial charge < -0.3 is 0 Å². The van der Waals surface area contributed by atoms with E-state index in [1.807, 2.05) is 24.3 Å². The van der Waals surface area contributed by atoms with Gasteiger partial charge in [0.1, 0.15) is 17.1 Å². The van der Waals surface area contributed by atoms with E-state index in [0.29, 0.717) is 5.92 Å². The van der Waals surface area contributed by atoms with Crippen LogP contribution in [0, 0.1) is 16.2 Å². The third-order valence-corrected chi connectivity index (χ3v) is 6.77.